The molecule has 5 N–H and O–H groups in total. The van der Waals surface area contributed by atoms with Crippen LogP contribution in [0.2, 0.25) is 0 Å². The number of nitrogens with two attached hydrogens (primary N) is 1. The van der Waals surface area contributed by atoms with Crippen molar-refractivity contribution >= 4 is 5.96 Å². The van der Waals surface area contributed by atoms with E-state index in [0.29, 0.717) is 24.2 Å². The standard InChI is InChI=1S/C8H17N7/c1-6(2)3-10-8(14-9)11-4-7-12-5-13-15-7/h5-6H,3-4,9H2,1-2H3,(H2,10,11,14)(H,12,13,15). The lowest BCUT2D eigenvalue weighted by atomic mass is 10.2. The summed E-state index contributed by atoms with van der Waals surface area (Å²) in [6, 6.07) is 0. The molecule has 0 saturated heterocycles. The lowest BCUT2D eigenvalue weighted by molar-refractivity contribution is 0.615. The van der Waals surface area contributed by atoms with Crippen LogP contribution in [0.15, 0.2) is 11.3 Å². The third kappa shape index (κ3) is 4.41. The maximum atomic E-state index is 5.31. The van der Waals surface area contributed by atoms with Gasteiger partial charge in [-0.15, -0.1) is 0 Å². The van der Waals surface area contributed by atoms with Crippen molar-refractivity contribution in [3.05, 3.63) is 12.2 Å². The van der Waals surface area contributed by atoms with Crippen molar-refractivity contribution in [3.8, 4) is 0 Å². The maximum Gasteiger partial charge on any atom is 0.206 e. The monoisotopic (exact) mass is 211 g/mol. The topological polar surface area (TPSA) is 104 Å². The average molecular weight is 211 g/mol. The summed E-state index contributed by atoms with van der Waals surface area (Å²) in [5.41, 5.74) is 2.50. The lowest BCUT2D eigenvalue weighted by Gasteiger charge is -2.10. The molecule has 1 aromatic rings. The number of nitrogens with zero attached hydrogens (tertiary/aromatic N) is 3. The zero-order valence-electron chi connectivity index (χ0n) is 8.99. The maximum absolute atomic E-state index is 5.31. The highest BCUT2D eigenvalue weighted by atomic mass is 15.3. The van der Waals surface area contributed by atoms with Crippen LogP contribution < -0.4 is 16.6 Å². The van der Waals surface area contributed by atoms with Crippen LogP contribution in [0.5, 0.6) is 0 Å². The molecule has 1 rings (SSSR count). The first kappa shape index (κ1) is 11.4. The Kier molecular flexibility index (Phi) is 4.55. The molecular formula is C8H17N7. The van der Waals surface area contributed by atoms with E-state index >= 15 is 0 Å². The smallest absolute Gasteiger partial charge is 0.206 e. The van der Waals surface area contributed by atoms with Crippen LogP contribution in [0, 0.1) is 5.92 Å². The van der Waals surface area contributed by atoms with E-state index in [1.165, 1.54) is 6.33 Å². The molecule has 0 saturated carbocycles. The van der Waals surface area contributed by atoms with Crippen molar-refractivity contribution in [2.75, 3.05) is 6.54 Å². The number of hydrogen-bond donors (Lipinski definition) is 4. The fourth-order valence-electron chi connectivity index (χ4n) is 0.914. The molecule has 0 radical (unpaired) electrons. The van der Waals surface area contributed by atoms with Gasteiger partial charge in [-0.3, -0.25) is 10.5 Å². The number of nitrogens with one attached hydrogen (secondary N) is 3. The molecule has 0 unspecified atom stereocenters. The fourth-order valence-corrected chi connectivity index (χ4v) is 0.914. The van der Waals surface area contributed by atoms with Gasteiger partial charge in [0.25, 0.3) is 0 Å². The quantitative estimate of drug-likeness (QED) is 0.230. The molecule has 7 heteroatoms. The Bertz CT molecular complexity index is 290. The van der Waals surface area contributed by atoms with E-state index in [9.17, 15) is 0 Å². The Morgan fingerprint density at radius 2 is 2.47 bits per heavy atom. The Hall–Kier alpha value is -1.63. The molecule has 15 heavy (non-hydrogen) atoms. The molecule has 0 bridgehead atoms. The summed E-state index contributed by atoms with van der Waals surface area (Å²) >= 11 is 0. The second kappa shape index (κ2) is 5.97. The minimum atomic E-state index is 0.421. The van der Waals surface area contributed by atoms with Gasteiger partial charge in [0.05, 0.1) is 0 Å². The molecule has 0 aliphatic heterocycles. The van der Waals surface area contributed by atoms with Gasteiger partial charge in [-0.2, -0.15) is 5.10 Å². The highest BCUT2D eigenvalue weighted by Crippen LogP contribution is 1.90. The number of aromatic amines is 1. The van der Waals surface area contributed by atoms with Crippen molar-refractivity contribution < 1.29 is 0 Å². The van der Waals surface area contributed by atoms with Gasteiger partial charge in [0, 0.05) is 6.54 Å². The summed E-state index contributed by atoms with van der Waals surface area (Å²) < 4.78 is 0. The summed E-state index contributed by atoms with van der Waals surface area (Å²) in [7, 11) is 0. The van der Waals surface area contributed by atoms with Crippen molar-refractivity contribution in [1.82, 2.24) is 25.9 Å². The highest BCUT2D eigenvalue weighted by Gasteiger charge is 1.99. The van der Waals surface area contributed by atoms with Gasteiger partial charge in [0.15, 0.2) is 0 Å². The van der Waals surface area contributed by atoms with Gasteiger partial charge in [-0.1, -0.05) is 13.8 Å². The summed E-state index contributed by atoms with van der Waals surface area (Å²) in [5, 5.41) is 9.52. The van der Waals surface area contributed by atoms with Crippen LogP contribution in [0.1, 0.15) is 19.7 Å². The first-order chi connectivity index (χ1) is 7.22. The lowest BCUT2D eigenvalue weighted by Crippen LogP contribution is -2.43. The first-order valence-corrected chi connectivity index (χ1v) is 4.81. The predicted molar refractivity (Wildman–Crippen MR) is 57.7 cm³/mol. The van der Waals surface area contributed by atoms with Crippen LogP contribution in [0.25, 0.3) is 0 Å². The fraction of sp³-hybridized carbons (Fsp3) is 0.625. The molecule has 0 aromatic carbocycles. The Morgan fingerprint density at radius 1 is 1.67 bits per heavy atom. The molecule has 0 atom stereocenters. The zero-order chi connectivity index (χ0) is 11.1. The minimum Gasteiger partial charge on any atom is -0.355 e. The largest absolute Gasteiger partial charge is 0.355 e. The molecule has 0 fully saturated rings. The van der Waals surface area contributed by atoms with Gasteiger partial charge in [0.1, 0.15) is 18.7 Å². The number of aromatic nitrogens is 3. The average Bonchev–Trinajstić information content (AvgIpc) is 2.70. The molecule has 0 aliphatic carbocycles. The number of H-pyrrole nitrogens is 1. The molecule has 0 aliphatic rings. The Morgan fingerprint density at radius 3 is 3.00 bits per heavy atom. The van der Waals surface area contributed by atoms with E-state index in [0.717, 1.165) is 6.54 Å². The zero-order valence-corrected chi connectivity index (χ0v) is 8.99. The van der Waals surface area contributed by atoms with E-state index in [1.54, 1.807) is 0 Å². The highest BCUT2D eigenvalue weighted by molar-refractivity contribution is 5.79. The van der Waals surface area contributed by atoms with Crippen LogP contribution >= 0.6 is 0 Å². The molecule has 7 nitrogen and oxygen atoms in total. The van der Waals surface area contributed by atoms with Crippen molar-refractivity contribution in [2.24, 2.45) is 16.8 Å². The summed E-state index contributed by atoms with van der Waals surface area (Å²) in [5.74, 6) is 7.10. The number of guanidine groups is 1. The number of hydrazine groups is 1. The Labute approximate surface area is 88.5 Å². The Balaban J connectivity index is 2.40. The van der Waals surface area contributed by atoms with E-state index in [1.807, 2.05) is 0 Å². The van der Waals surface area contributed by atoms with Gasteiger partial charge in [0.2, 0.25) is 5.96 Å². The number of rotatable bonds is 4. The second-order valence-corrected chi connectivity index (χ2v) is 3.52. The second-order valence-electron chi connectivity index (χ2n) is 3.52. The summed E-state index contributed by atoms with van der Waals surface area (Å²) in [6.07, 6.45) is 1.45. The molecule has 0 amide bonds. The normalized spacial score (nSPS) is 11.9. The van der Waals surface area contributed by atoms with Gasteiger partial charge in [-0.25, -0.2) is 15.8 Å². The van der Waals surface area contributed by atoms with Crippen molar-refractivity contribution in [3.63, 3.8) is 0 Å². The molecular weight excluding hydrogens is 194 g/mol. The molecule has 0 spiro atoms. The first-order valence-electron chi connectivity index (χ1n) is 4.81. The molecule has 84 valence electrons. The molecule has 1 aromatic heterocycles. The van der Waals surface area contributed by atoms with Gasteiger partial charge >= 0.3 is 0 Å². The predicted octanol–water partition coefficient (Wildman–Crippen LogP) is -0.630. The van der Waals surface area contributed by atoms with E-state index in [4.69, 9.17) is 5.84 Å². The minimum absolute atomic E-state index is 0.421. The molecule has 1 heterocycles. The SMILES string of the molecule is CC(C)CNC(=NCc1ncn[nH]1)NN. The van der Waals surface area contributed by atoms with E-state index in [2.05, 4.69) is 44.8 Å². The van der Waals surface area contributed by atoms with Crippen LogP contribution in [0.3, 0.4) is 0 Å². The van der Waals surface area contributed by atoms with E-state index < -0.39 is 0 Å². The van der Waals surface area contributed by atoms with Crippen LogP contribution in [-0.2, 0) is 6.54 Å². The summed E-state index contributed by atoms with van der Waals surface area (Å²) in [4.78, 5) is 8.14. The van der Waals surface area contributed by atoms with E-state index in [-0.39, 0.29) is 0 Å². The van der Waals surface area contributed by atoms with Gasteiger partial charge < -0.3 is 5.32 Å². The van der Waals surface area contributed by atoms with Crippen molar-refractivity contribution in [1.29, 1.82) is 0 Å². The number of hydrogen-bond acceptors (Lipinski definition) is 4. The van der Waals surface area contributed by atoms with Gasteiger partial charge in [-0.05, 0) is 5.92 Å². The third-order valence-electron chi connectivity index (χ3n) is 1.67. The summed E-state index contributed by atoms with van der Waals surface area (Å²) in [6.45, 7) is 5.46. The third-order valence-corrected chi connectivity index (χ3v) is 1.67. The number of aliphatic imine (C=N–C) groups is 1. The van der Waals surface area contributed by atoms with Crippen molar-refractivity contribution in [2.45, 2.75) is 20.4 Å². The van der Waals surface area contributed by atoms with Crippen LogP contribution in [-0.4, -0.2) is 27.7 Å². The van der Waals surface area contributed by atoms with Crippen LogP contribution in [0.4, 0.5) is 0 Å².